The number of carbonyl (C=O) groups is 1. The third-order valence-corrected chi connectivity index (χ3v) is 2.54. The average molecular weight is 237 g/mol. The highest BCUT2D eigenvalue weighted by Crippen LogP contribution is 2.18. The van der Waals surface area contributed by atoms with Gasteiger partial charge < -0.3 is 15.2 Å². The first kappa shape index (κ1) is 13.5. The Hall–Kier alpha value is -1.55. The first-order valence-corrected chi connectivity index (χ1v) is 5.72. The summed E-state index contributed by atoms with van der Waals surface area (Å²) in [5.41, 5.74) is 1.60. The summed E-state index contributed by atoms with van der Waals surface area (Å²) in [4.78, 5) is 11.8. The fraction of sp³-hybridized carbons (Fsp3) is 0.462. The van der Waals surface area contributed by atoms with Gasteiger partial charge in [-0.1, -0.05) is 6.07 Å². The lowest BCUT2D eigenvalue weighted by atomic mass is 10.1. The third kappa shape index (κ3) is 4.07. The number of methoxy groups -OCH3 is 1. The van der Waals surface area contributed by atoms with E-state index in [2.05, 4.69) is 5.32 Å². The lowest BCUT2D eigenvalue weighted by Crippen LogP contribution is -2.24. The van der Waals surface area contributed by atoms with E-state index in [1.54, 1.807) is 19.2 Å². The molecule has 1 rings (SSSR count). The molecule has 0 saturated heterocycles. The molecular weight excluding hydrogens is 218 g/mol. The van der Waals surface area contributed by atoms with Gasteiger partial charge in [0.25, 0.3) is 5.91 Å². The molecule has 2 N–H and O–H groups in total. The van der Waals surface area contributed by atoms with Crippen LogP contribution >= 0.6 is 0 Å². The standard InChI is InChI=1S/C13H19NO3/c1-10-5-6-11(9-12(10)17-2)13(16)14-7-3-4-8-15/h5-6,9,15H,3-4,7-8H2,1-2H3,(H,14,16). The van der Waals surface area contributed by atoms with Crippen molar-refractivity contribution in [3.8, 4) is 5.75 Å². The second-order valence-corrected chi connectivity index (χ2v) is 3.87. The molecule has 0 spiro atoms. The monoisotopic (exact) mass is 237 g/mol. The molecule has 0 aliphatic heterocycles. The smallest absolute Gasteiger partial charge is 0.251 e. The Morgan fingerprint density at radius 1 is 1.41 bits per heavy atom. The molecule has 0 fully saturated rings. The second-order valence-electron chi connectivity index (χ2n) is 3.87. The molecule has 0 unspecified atom stereocenters. The minimum absolute atomic E-state index is 0.110. The van der Waals surface area contributed by atoms with Crippen molar-refractivity contribution >= 4 is 5.91 Å². The zero-order chi connectivity index (χ0) is 12.7. The van der Waals surface area contributed by atoms with Crippen molar-refractivity contribution in [3.63, 3.8) is 0 Å². The number of unbranched alkanes of at least 4 members (excludes halogenated alkanes) is 1. The van der Waals surface area contributed by atoms with Crippen LogP contribution in [0.1, 0.15) is 28.8 Å². The van der Waals surface area contributed by atoms with Crippen molar-refractivity contribution in [1.29, 1.82) is 0 Å². The van der Waals surface area contributed by atoms with E-state index in [-0.39, 0.29) is 12.5 Å². The highest BCUT2D eigenvalue weighted by Gasteiger charge is 2.07. The molecule has 0 radical (unpaired) electrons. The van der Waals surface area contributed by atoms with Gasteiger partial charge in [0.15, 0.2) is 0 Å². The molecule has 1 aromatic rings. The van der Waals surface area contributed by atoms with Crippen LogP contribution in [-0.2, 0) is 0 Å². The van der Waals surface area contributed by atoms with E-state index in [1.165, 1.54) is 0 Å². The van der Waals surface area contributed by atoms with Crippen LogP contribution in [-0.4, -0.2) is 31.3 Å². The lowest BCUT2D eigenvalue weighted by molar-refractivity contribution is 0.0951. The van der Waals surface area contributed by atoms with Crippen molar-refractivity contribution in [2.75, 3.05) is 20.3 Å². The van der Waals surface area contributed by atoms with Crippen LogP contribution in [0, 0.1) is 6.92 Å². The summed E-state index contributed by atoms with van der Waals surface area (Å²) in [5, 5.41) is 11.4. The van der Waals surface area contributed by atoms with E-state index < -0.39 is 0 Å². The zero-order valence-corrected chi connectivity index (χ0v) is 10.3. The van der Waals surface area contributed by atoms with Gasteiger partial charge in [0, 0.05) is 18.7 Å². The van der Waals surface area contributed by atoms with E-state index in [9.17, 15) is 4.79 Å². The normalized spacial score (nSPS) is 10.1. The molecule has 0 saturated carbocycles. The predicted molar refractivity (Wildman–Crippen MR) is 66.4 cm³/mol. The van der Waals surface area contributed by atoms with Crippen LogP contribution in [0.4, 0.5) is 0 Å². The Morgan fingerprint density at radius 3 is 2.82 bits per heavy atom. The van der Waals surface area contributed by atoms with E-state index in [0.717, 1.165) is 12.0 Å². The molecule has 17 heavy (non-hydrogen) atoms. The van der Waals surface area contributed by atoms with Crippen LogP contribution in [0.3, 0.4) is 0 Å². The van der Waals surface area contributed by atoms with Gasteiger partial charge in [-0.15, -0.1) is 0 Å². The maximum atomic E-state index is 11.8. The van der Waals surface area contributed by atoms with Crippen molar-refractivity contribution in [2.24, 2.45) is 0 Å². The van der Waals surface area contributed by atoms with Crippen molar-refractivity contribution < 1.29 is 14.6 Å². The summed E-state index contributed by atoms with van der Waals surface area (Å²) >= 11 is 0. The molecule has 4 heteroatoms. The SMILES string of the molecule is COc1cc(C(=O)NCCCCO)ccc1C. The van der Waals surface area contributed by atoms with Crippen LogP contribution < -0.4 is 10.1 Å². The summed E-state index contributed by atoms with van der Waals surface area (Å²) < 4.78 is 5.17. The number of hydrogen-bond acceptors (Lipinski definition) is 3. The van der Waals surface area contributed by atoms with Gasteiger partial charge in [-0.3, -0.25) is 4.79 Å². The Balaban J connectivity index is 2.57. The first-order valence-electron chi connectivity index (χ1n) is 5.72. The second kappa shape index (κ2) is 6.91. The zero-order valence-electron chi connectivity index (χ0n) is 10.3. The van der Waals surface area contributed by atoms with Gasteiger partial charge in [-0.05, 0) is 37.5 Å². The van der Waals surface area contributed by atoms with Crippen molar-refractivity contribution in [3.05, 3.63) is 29.3 Å². The number of amides is 1. The van der Waals surface area contributed by atoms with E-state index in [4.69, 9.17) is 9.84 Å². The Bertz CT molecular complexity index is 377. The maximum Gasteiger partial charge on any atom is 0.251 e. The summed E-state index contributed by atoms with van der Waals surface area (Å²) in [6.45, 7) is 2.67. The number of ether oxygens (including phenoxy) is 1. The van der Waals surface area contributed by atoms with Crippen molar-refractivity contribution in [2.45, 2.75) is 19.8 Å². The Morgan fingerprint density at radius 2 is 2.18 bits per heavy atom. The summed E-state index contributed by atoms with van der Waals surface area (Å²) in [6.07, 6.45) is 1.49. The van der Waals surface area contributed by atoms with Gasteiger partial charge >= 0.3 is 0 Å². The van der Waals surface area contributed by atoms with E-state index in [1.807, 2.05) is 13.0 Å². The topological polar surface area (TPSA) is 58.6 Å². The summed E-state index contributed by atoms with van der Waals surface area (Å²) in [6, 6.07) is 5.37. The molecule has 94 valence electrons. The highest BCUT2D eigenvalue weighted by atomic mass is 16.5. The molecule has 0 heterocycles. The van der Waals surface area contributed by atoms with Crippen LogP contribution in [0.5, 0.6) is 5.75 Å². The van der Waals surface area contributed by atoms with Gasteiger partial charge in [0.05, 0.1) is 7.11 Å². The number of aliphatic hydroxyl groups is 1. The number of carbonyl (C=O) groups excluding carboxylic acids is 1. The molecule has 1 aromatic carbocycles. The summed E-state index contributed by atoms with van der Waals surface area (Å²) in [7, 11) is 1.59. The predicted octanol–water partition coefficient (Wildman–Crippen LogP) is 1.51. The lowest BCUT2D eigenvalue weighted by Gasteiger charge is -2.08. The number of rotatable bonds is 6. The van der Waals surface area contributed by atoms with E-state index >= 15 is 0 Å². The quantitative estimate of drug-likeness (QED) is 0.737. The van der Waals surface area contributed by atoms with Crippen LogP contribution in [0.15, 0.2) is 18.2 Å². The minimum Gasteiger partial charge on any atom is -0.496 e. The van der Waals surface area contributed by atoms with Crippen LogP contribution in [0.25, 0.3) is 0 Å². The molecule has 4 nitrogen and oxygen atoms in total. The number of benzene rings is 1. The maximum absolute atomic E-state index is 11.8. The van der Waals surface area contributed by atoms with Crippen molar-refractivity contribution in [1.82, 2.24) is 5.32 Å². The fourth-order valence-electron chi connectivity index (χ4n) is 1.50. The highest BCUT2D eigenvalue weighted by molar-refractivity contribution is 5.94. The largest absolute Gasteiger partial charge is 0.496 e. The molecule has 0 bridgehead atoms. The number of aryl methyl sites for hydroxylation is 1. The number of hydrogen-bond donors (Lipinski definition) is 2. The van der Waals surface area contributed by atoms with E-state index in [0.29, 0.717) is 24.3 Å². The molecule has 0 aliphatic rings. The Kier molecular flexibility index (Phi) is 5.49. The molecular formula is C13H19NO3. The molecule has 0 atom stereocenters. The molecule has 0 aliphatic carbocycles. The molecule has 0 aromatic heterocycles. The van der Waals surface area contributed by atoms with Gasteiger partial charge in [-0.2, -0.15) is 0 Å². The average Bonchev–Trinajstić information content (AvgIpc) is 2.35. The molecule has 1 amide bonds. The number of nitrogens with one attached hydrogen (secondary N) is 1. The first-order chi connectivity index (χ1) is 8.19. The number of aliphatic hydroxyl groups excluding tert-OH is 1. The van der Waals surface area contributed by atoms with Gasteiger partial charge in [0.2, 0.25) is 0 Å². The van der Waals surface area contributed by atoms with Gasteiger partial charge in [0.1, 0.15) is 5.75 Å². The summed E-state index contributed by atoms with van der Waals surface area (Å²) in [5.74, 6) is 0.606. The Labute approximate surface area is 102 Å². The third-order valence-electron chi connectivity index (χ3n) is 2.54. The fourth-order valence-corrected chi connectivity index (χ4v) is 1.50. The van der Waals surface area contributed by atoms with Gasteiger partial charge in [-0.25, -0.2) is 0 Å². The van der Waals surface area contributed by atoms with Crippen LogP contribution in [0.2, 0.25) is 0 Å². The minimum atomic E-state index is -0.110.